The molecule has 0 spiro atoms. The van der Waals surface area contributed by atoms with Crippen molar-refractivity contribution < 1.29 is 29.4 Å². The van der Waals surface area contributed by atoms with E-state index in [0.29, 0.717) is 0 Å². The predicted molar refractivity (Wildman–Crippen MR) is 95.3 cm³/mol. The third kappa shape index (κ3) is 10.7. The number of hydrogen-bond acceptors (Lipinski definition) is 6. The summed E-state index contributed by atoms with van der Waals surface area (Å²) in [5, 5.41) is 22.2. The van der Waals surface area contributed by atoms with Crippen molar-refractivity contribution in [2.24, 2.45) is 0 Å². The number of carboxylic acids is 2. The molecule has 0 fully saturated rings. The van der Waals surface area contributed by atoms with Gasteiger partial charge in [0, 0.05) is 0 Å². The maximum absolute atomic E-state index is 11.9. The summed E-state index contributed by atoms with van der Waals surface area (Å²) in [6.07, 6.45) is -0.0931. The second kappa shape index (κ2) is 10.8. The third-order valence-electron chi connectivity index (χ3n) is 2.67. The number of aliphatic carboxylic acids is 2. The molecular formula is C12H22AsN3O6S2. The minimum atomic E-state index is -2.58. The second-order valence-electron chi connectivity index (χ2n) is 5.32. The van der Waals surface area contributed by atoms with Crippen molar-refractivity contribution in [3.63, 3.8) is 0 Å². The summed E-state index contributed by atoms with van der Waals surface area (Å²) >= 11 is 1.36. The van der Waals surface area contributed by atoms with E-state index in [2.05, 4.69) is 27.5 Å². The van der Waals surface area contributed by atoms with E-state index >= 15 is 0 Å². The normalized spacial score (nSPS) is 13.6. The molecule has 2 atom stereocenters. The Morgan fingerprint density at radius 2 is 1.75 bits per heavy atom. The fraction of sp³-hybridized carbons (Fsp3) is 0.667. The second-order valence-corrected chi connectivity index (χ2v) is 16.6. The summed E-state index contributed by atoms with van der Waals surface area (Å²) in [5.74, 6) is -3.52. The zero-order chi connectivity index (χ0) is 18.9. The molecule has 2 amide bonds. The van der Waals surface area contributed by atoms with Gasteiger partial charge in [-0.3, -0.25) is 0 Å². The van der Waals surface area contributed by atoms with Gasteiger partial charge in [0.15, 0.2) is 0 Å². The predicted octanol–water partition coefficient (Wildman–Crippen LogP) is -0.676. The van der Waals surface area contributed by atoms with Crippen molar-refractivity contribution in [2.75, 3.05) is 12.3 Å². The van der Waals surface area contributed by atoms with E-state index in [9.17, 15) is 19.2 Å². The number of rotatable bonds is 11. The molecule has 0 saturated heterocycles. The Morgan fingerprint density at radius 3 is 2.17 bits per heavy atom. The van der Waals surface area contributed by atoms with Crippen LogP contribution in [0.3, 0.4) is 0 Å². The zero-order valence-corrected chi connectivity index (χ0v) is 16.9. The number of carboxylic acid groups (broad SMARTS) is 2. The van der Waals surface area contributed by atoms with Crippen molar-refractivity contribution in [2.45, 2.75) is 36.3 Å². The number of thiol groups is 1. The molecule has 0 saturated carbocycles. The molecule has 0 aromatic carbocycles. The SMILES string of the molecule is C[As](C)(=S)N[C@@H](CCC(=O)N[C@@H](CS)C(=O)NCC(=O)O)C(=O)O. The van der Waals surface area contributed by atoms with Gasteiger partial charge in [0.05, 0.1) is 0 Å². The van der Waals surface area contributed by atoms with E-state index in [-0.39, 0.29) is 18.6 Å². The molecule has 0 bridgehead atoms. The molecule has 0 aromatic rings. The van der Waals surface area contributed by atoms with Crippen molar-refractivity contribution in [1.29, 1.82) is 0 Å². The fourth-order valence-electron chi connectivity index (χ4n) is 1.64. The number of hydrogen-bond donors (Lipinski definition) is 6. The average molecular weight is 443 g/mol. The van der Waals surface area contributed by atoms with Crippen LogP contribution in [0.4, 0.5) is 0 Å². The van der Waals surface area contributed by atoms with Crippen molar-refractivity contribution in [3.8, 4) is 0 Å². The molecular weight excluding hydrogens is 421 g/mol. The Bertz CT molecular complexity index is 539. The molecule has 24 heavy (non-hydrogen) atoms. The molecule has 5 N–H and O–H groups in total. The van der Waals surface area contributed by atoms with Gasteiger partial charge in [-0.1, -0.05) is 0 Å². The van der Waals surface area contributed by atoms with Gasteiger partial charge in [0.2, 0.25) is 0 Å². The van der Waals surface area contributed by atoms with E-state index < -0.39 is 54.5 Å². The summed E-state index contributed by atoms with van der Waals surface area (Å²) in [4.78, 5) is 45.2. The Balaban J connectivity index is 4.52. The standard InChI is InChI=1S/C12H22AsN3O6S2/c1-13(2,24)16-7(12(21)22)3-4-9(17)15-8(6-23)11(20)14-5-10(18)19/h7-8,23H,3-6H2,1-2H3,(H,14,20)(H,15,17)(H,16,24)(H,18,19)(H,21,22)/t7-,8-/m0/s1. The zero-order valence-electron chi connectivity index (χ0n) is 13.3. The van der Waals surface area contributed by atoms with E-state index in [0.717, 1.165) is 0 Å². The van der Waals surface area contributed by atoms with Gasteiger partial charge in [-0.15, -0.1) is 0 Å². The Kier molecular flexibility index (Phi) is 10.3. The summed E-state index contributed by atoms with van der Waals surface area (Å²) in [6.45, 7) is -0.566. The van der Waals surface area contributed by atoms with Gasteiger partial charge in [-0.25, -0.2) is 0 Å². The molecule has 12 heteroatoms. The number of nitrogens with one attached hydrogen (secondary N) is 3. The van der Waals surface area contributed by atoms with Crippen LogP contribution in [0.15, 0.2) is 0 Å². The fourth-order valence-corrected chi connectivity index (χ4v) is 4.64. The number of carbonyl (C=O) groups excluding carboxylic acids is 2. The molecule has 9 nitrogen and oxygen atoms in total. The monoisotopic (exact) mass is 443 g/mol. The van der Waals surface area contributed by atoms with E-state index in [1.165, 1.54) is 0 Å². The average Bonchev–Trinajstić information content (AvgIpc) is 2.45. The molecule has 0 rings (SSSR count). The van der Waals surface area contributed by atoms with Crippen LogP contribution < -0.4 is 14.9 Å². The molecule has 0 unspecified atom stereocenters. The first kappa shape index (κ1) is 23.0. The van der Waals surface area contributed by atoms with Crippen LogP contribution in [0, 0.1) is 0 Å². The number of carbonyl (C=O) groups is 4. The van der Waals surface area contributed by atoms with Crippen molar-refractivity contribution >= 4 is 58.9 Å². The summed E-state index contributed by atoms with van der Waals surface area (Å²) in [5.41, 5.74) is 3.60. The molecule has 0 heterocycles. The van der Waals surface area contributed by atoms with Crippen LogP contribution in [0.1, 0.15) is 12.8 Å². The minimum absolute atomic E-state index is 0.0223. The van der Waals surface area contributed by atoms with Gasteiger partial charge in [0.1, 0.15) is 0 Å². The first-order valence-corrected chi connectivity index (χ1v) is 14.9. The Morgan fingerprint density at radius 1 is 1.17 bits per heavy atom. The van der Waals surface area contributed by atoms with Crippen LogP contribution >= 0.6 is 23.0 Å². The molecule has 0 aliphatic heterocycles. The van der Waals surface area contributed by atoms with E-state index in [1.54, 1.807) is 11.4 Å². The van der Waals surface area contributed by atoms with Gasteiger partial charge in [-0.05, 0) is 0 Å². The number of amides is 2. The van der Waals surface area contributed by atoms with Gasteiger partial charge < -0.3 is 0 Å². The molecule has 0 aliphatic carbocycles. The molecule has 0 aromatic heterocycles. The van der Waals surface area contributed by atoms with Gasteiger partial charge >= 0.3 is 152 Å². The quantitative estimate of drug-likeness (QED) is 0.182. The van der Waals surface area contributed by atoms with Crippen molar-refractivity contribution in [3.05, 3.63) is 0 Å². The molecule has 0 radical (unpaired) electrons. The van der Waals surface area contributed by atoms with Crippen LogP contribution in [0.2, 0.25) is 11.4 Å². The third-order valence-corrected chi connectivity index (χ3v) is 5.54. The molecule has 0 aliphatic rings. The van der Waals surface area contributed by atoms with Crippen LogP contribution in [0.5, 0.6) is 0 Å². The van der Waals surface area contributed by atoms with Crippen LogP contribution in [0.25, 0.3) is 0 Å². The maximum atomic E-state index is 11.9. The van der Waals surface area contributed by atoms with E-state index in [1.807, 2.05) is 0 Å². The van der Waals surface area contributed by atoms with Crippen LogP contribution in [-0.2, 0) is 19.2 Å². The summed E-state index contributed by atoms with van der Waals surface area (Å²) in [6, 6.07) is -1.92. The van der Waals surface area contributed by atoms with Crippen molar-refractivity contribution in [1.82, 2.24) is 14.9 Å². The first-order valence-electron chi connectivity index (χ1n) is 6.91. The molecule has 138 valence electrons. The van der Waals surface area contributed by atoms with E-state index in [4.69, 9.17) is 20.6 Å². The first-order chi connectivity index (χ1) is 11.0. The summed E-state index contributed by atoms with van der Waals surface area (Å²) < 4.78 is 2.88. The Labute approximate surface area is 151 Å². The Hall–Kier alpha value is -1.03. The van der Waals surface area contributed by atoms with Gasteiger partial charge in [-0.2, -0.15) is 0 Å². The van der Waals surface area contributed by atoms with Gasteiger partial charge in [0.25, 0.3) is 0 Å². The summed E-state index contributed by atoms with van der Waals surface area (Å²) in [7, 11) is 5.22. The van der Waals surface area contributed by atoms with Crippen LogP contribution in [-0.4, -0.2) is 70.5 Å². The topological polar surface area (TPSA) is 145 Å².